The summed E-state index contributed by atoms with van der Waals surface area (Å²) in [5.74, 6) is 4.70. The molecule has 0 aliphatic carbocycles. The van der Waals surface area contributed by atoms with Crippen molar-refractivity contribution in [2.75, 3.05) is 40.3 Å². The molecule has 33 heavy (non-hydrogen) atoms. The highest BCUT2D eigenvalue weighted by molar-refractivity contribution is 14.0. The predicted octanol–water partition coefficient (Wildman–Crippen LogP) is 4.49. The van der Waals surface area contributed by atoms with E-state index in [1.165, 1.54) is 18.4 Å². The Morgan fingerprint density at radius 3 is 2.48 bits per heavy atom. The highest BCUT2D eigenvalue weighted by Crippen LogP contribution is 2.21. The molecule has 0 bridgehead atoms. The summed E-state index contributed by atoms with van der Waals surface area (Å²) >= 11 is 0. The monoisotopic (exact) mass is 569 g/mol. The lowest BCUT2D eigenvalue weighted by atomic mass is 9.97. The molecule has 1 atom stereocenters. The molecule has 7 nitrogen and oxygen atoms in total. The highest BCUT2D eigenvalue weighted by Gasteiger charge is 2.21. The number of guanidine groups is 1. The molecule has 184 valence electrons. The lowest BCUT2D eigenvalue weighted by Gasteiger charge is -2.31. The van der Waals surface area contributed by atoms with E-state index in [9.17, 15) is 0 Å². The van der Waals surface area contributed by atoms with Crippen molar-refractivity contribution in [3.63, 3.8) is 0 Å². The fourth-order valence-corrected chi connectivity index (χ4v) is 4.11. The van der Waals surface area contributed by atoms with Gasteiger partial charge in [0.15, 0.2) is 5.96 Å². The zero-order valence-corrected chi connectivity index (χ0v) is 23.0. The van der Waals surface area contributed by atoms with Crippen molar-refractivity contribution in [1.29, 1.82) is 0 Å². The number of aryl methyl sites for hydroxylation is 2. The van der Waals surface area contributed by atoms with Gasteiger partial charge in [0.25, 0.3) is 0 Å². The minimum absolute atomic E-state index is 0. The van der Waals surface area contributed by atoms with Crippen LogP contribution in [0.15, 0.2) is 33.7 Å². The van der Waals surface area contributed by atoms with Crippen molar-refractivity contribution in [2.24, 2.45) is 10.9 Å². The van der Waals surface area contributed by atoms with Gasteiger partial charge in [0.2, 0.25) is 5.89 Å². The number of ether oxygens (including phenoxy) is 1. The molecule has 0 spiro atoms. The van der Waals surface area contributed by atoms with Crippen LogP contribution in [-0.2, 0) is 6.54 Å². The Morgan fingerprint density at radius 2 is 1.91 bits per heavy atom. The van der Waals surface area contributed by atoms with Gasteiger partial charge in [-0.15, -0.1) is 24.0 Å². The lowest BCUT2D eigenvalue weighted by Crippen LogP contribution is -2.43. The van der Waals surface area contributed by atoms with E-state index in [0.29, 0.717) is 11.8 Å². The summed E-state index contributed by atoms with van der Waals surface area (Å²) in [5, 5.41) is 6.98. The Labute approximate surface area is 215 Å². The first kappa shape index (κ1) is 27.4. The Morgan fingerprint density at radius 1 is 1.21 bits per heavy atom. The van der Waals surface area contributed by atoms with E-state index in [2.05, 4.69) is 44.6 Å². The van der Waals surface area contributed by atoms with Gasteiger partial charge in [-0.05, 0) is 75.7 Å². The molecule has 0 radical (unpaired) electrons. The van der Waals surface area contributed by atoms with Crippen LogP contribution in [0.4, 0.5) is 0 Å². The van der Waals surface area contributed by atoms with Crippen molar-refractivity contribution < 1.29 is 9.15 Å². The fourth-order valence-electron chi connectivity index (χ4n) is 4.11. The van der Waals surface area contributed by atoms with Gasteiger partial charge in [-0.2, -0.15) is 0 Å². The van der Waals surface area contributed by atoms with Crippen LogP contribution in [-0.4, -0.2) is 56.2 Å². The smallest absolute Gasteiger partial charge is 0.208 e. The van der Waals surface area contributed by atoms with E-state index in [-0.39, 0.29) is 24.0 Å². The first-order valence-corrected chi connectivity index (χ1v) is 11.7. The number of benzene rings is 1. The number of rotatable bonds is 9. The van der Waals surface area contributed by atoms with Crippen LogP contribution in [0.1, 0.15) is 55.0 Å². The number of nitrogens with one attached hydrogen (secondary N) is 2. The Kier molecular flexibility index (Phi) is 11.5. The molecular weight excluding hydrogens is 529 g/mol. The largest absolute Gasteiger partial charge is 0.497 e. The Bertz CT molecular complexity index is 841. The first-order chi connectivity index (χ1) is 15.5. The van der Waals surface area contributed by atoms with Gasteiger partial charge < -0.3 is 19.8 Å². The van der Waals surface area contributed by atoms with Gasteiger partial charge in [0.05, 0.1) is 19.3 Å². The van der Waals surface area contributed by atoms with Crippen molar-refractivity contribution in [3.05, 3.63) is 47.2 Å². The maximum Gasteiger partial charge on any atom is 0.208 e. The summed E-state index contributed by atoms with van der Waals surface area (Å²) in [6.45, 7) is 11.1. The van der Waals surface area contributed by atoms with E-state index in [1.54, 1.807) is 7.11 Å². The van der Waals surface area contributed by atoms with Crippen LogP contribution < -0.4 is 15.4 Å². The molecule has 1 saturated heterocycles. The van der Waals surface area contributed by atoms with Gasteiger partial charge in [0, 0.05) is 20.1 Å². The second kappa shape index (κ2) is 13.8. The molecule has 1 aromatic heterocycles. The molecule has 2 heterocycles. The van der Waals surface area contributed by atoms with Crippen molar-refractivity contribution >= 4 is 29.9 Å². The average molecular weight is 570 g/mol. The molecule has 1 aliphatic rings. The van der Waals surface area contributed by atoms with Gasteiger partial charge >= 0.3 is 0 Å². The average Bonchev–Trinajstić information content (AvgIpc) is 3.13. The van der Waals surface area contributed by atoms with Crippen molar-refractivity contribution in [2.45, 2.75) is 52.5 Å². The molecule has 2 aromatic rings. The van der Waals surface area contributed by atoms with Gasteiger partial charge in [-0.1, -0.05) is 19.1 Å². The molecule has 1 aromatic carbocycles. The third-order valence-corrected chi connectivity index (χ3v) is 6.48. The molecule has 1 fully saturated rings. The molecule has 8 heteroatoms. The molecule has 1 aliphatic heterocycles. The van der Waals surface area contributed by atoms with Gasteiger partial charge in [0.1, 0.15) is 11.5 Å². The first-order valence-electron chi connectivity index (χ1n) is 11.7. The number of piperidine rings is 1. The number of hydrogen-bond acceptors (Lipinski definition) is 5. The number of hydrogen-bond donors (Lipinski definition) is 2. The third kappa shape index (κ3) is 8.48. The van der Waals surface area contributed by atoms with E-state index in [1.807, 2.05) is 33.0 Å². The van der Waals surface area contributed by atoms with Crippen LogP contribution >= 0.6 is 24.0 Å². The van der Waals surface area contributed by atoms with Gasteiger partial charge in [-0.25, -0.2) is 4.98 Å². The summed E-state index contributed by atoms with van der Waals surface area (Å²) < 4.78 is 11.0. The number of aromatic nitrogens is 1. The third-order valence-electron chi connectivity index (χ3n) is 6.48. The van der Waals surface area contributed by atoms with Crippen LogP contribution in [0.3, 0.4) is 0 Å². The number of nitrogens with zero attached hydrogens (tertiary/aromatic N) is 3. The van der Waals surface area contributed by atoms with E-state index >= 15 is 0 Å². The quantitative estimate of drug-likeness (QED) is 0.264. The maximum absolute atomic E-state index is 5.74. The van der Waals surface area contributed by atoms with Crippen molar-refractivity contribution in [3.8, 4) is 5.75 Å². The summed E-state index contributed by atoms with van der Waals surface area (Å²) in [6.07, 6.45) is 3.40. The molecule has 0 saturated carbocycles. The van der Waals surface area contributed by atoms with Crippen LogP contribution in [0, 0.1) is 19.8 Å². The minimum Gasteiger partial charge on any atom is -0.497 e. The second-order valence-corrected chi connectivity index (χ2v) is 8.81. The second-order valence-electron chi connectivity index (χ2n) is 8.81. The minimum atomic E-state index is 0. The van der Waals surface area contributed by atoms with Crippen LogP contribution in [0.2, 0.25) is 0 Å². The number of methoxy groups -OCH3 is 1. The molecular formula is C25H40IN5O2. The Hall–Kier alpha value is -1.81. The fraction of sp³-hybridized carbons (Fsp3) is 0.600. The SMILES string of the molecule is CN=C(NCCC(C)c1ccc(OC)cc1)NCC1CCN(Cc2nc(C)c(C)o2)CC1.I. The number of oxazole rings is 1. The zero-order chi connectivity index (χ0) is 22.9. The summed E-state index contributed by atoms with van der Waals surface area (Å²) in [5.41, 5.74) is 2.33. The number of aliphatic imine (C=N–C) groups is 1. The normalized spacial score (nSPS) is 16.2. The van der Waals surface area contributed by atoms with Gasteiger partial charge in [-0.3, -0.25) is 9.89 Å². The molecule has 3 rings (SSSR count). The maximum atomic E-state index is 5.74. The summed E-state index contributed by atoms with van der Waals surface area (Å²) in [4.78, 5) is 11.3. The van der Waals surface area contributed by atoms with Crippen LogP contribution in [0.25, 0.3) is 0 Å². The molecule has 2 N–H and O–H groups in total. The number of halogens is 1. The number of likely N-dealkylation sites (tertiary alicyclic amines) is 1. The Balaban J connectivity index is 0.00000385. The van der Waals surface area contributed by atoms with E-state index < -0.39 is 0 Å². The van der Waals surface area contributed by atoms with E-state index in [0.717, 1.165) is 68.2 Å². The summed E-state index contributed by atoms with van der Waals surface area (Å²) in [6, 6.07) is 8.34. The van der Waals surface area contributed by atoms with Crippen molar-refractivity contribution in [1.82, 2.24) is 20.5 Å². The summed E-state index contributed by atoms with van der Waals surface area (Å²) in [7, 11) is 3.54. The standard InChI is InChI=1S/C25H39N5O2.HI/c1-18(22-6-8-23(31-5)9-7-22)10-13-27-25(26-4)28-16-21-11-14-30(15-12-21)17-24-29-19(2)20(3)32-24;/h6-9,18,21H,10-17H2,1-5H3,(H2,26,27,28);1H. The predicted molar refractivity (Wildman–Crippen MR) is 145 cm³/mol. The lowest BCUT2D eigenvalue weighted by molar-refractivity contribution is 0.164. The topological polar surface area (TPSA) is 74.9 Å². The van der Waals surface area contributed by atoms with E-state index in [4.69, 9.17) is 9.15 Å². The van der Waals surface area contributed by atoms with Crippen LogP contribution in [0.5, 0.6) is 5.75 Å². The molecule has 0 amide bonds. The zero-order valence-electron chi connectivity index (χ0n) is 20.7. The molecule has 1 unspecified atom stereocenters. The highest BCUT2D eigenvalue weighted by atomic mass is 127.